The van der Waals surface area contributed by atoms with Crippen LogP contribution in [-0.2, 0) is 4.74 Å². The lowest BCUT2D eigenvalue weighted by Gasteiger charge is -2.37. The number of hydrogen-bond donors (Lipinski definition) is 3. The summed E-state index contributed by atoms with van der Waals surface area (Å²) >= 11 is 0. The minimum Gasteiger partial charge on any atom is -0.504 e. The summed E-state index contributed by atoms with van der Waals surface area (Å²) in [6.45, 7) is 1.35. The van der Waals surface area contributed by atoms with E-state index < -0.39 is 0 Å². The Morgan fingerprint density at radius 1 is 1.29 bits per heavy atom. The SMILES string of the molecule is COc1cc(C2Nc3ccc(C(=O)NCC4CCCO4)cc3C3C=CCC32)ccc1O. The molecule has 1 saturated heterocycles. The first kappa shape index (κ1) is 19.9. The van der Waals surface area contributed by atoms with Gasteiger partial charge in [-0.15, -0.1) is 0 Å². The summed E-state index contributed by atoms with van der Waals surface area (Å²) in [7, 11) is 1.56. The molecule has 1 fully saturated rings. The molecule has 0 saturated carbocycles. The Labute approximate surface area is 182 Å². The van der Waals surface area contributed by atoms with Crippen molar-refractivity contribution >= 4 is 11.6 Å². The van der Waals surface area contributed by atoms with Crippen molar-refractivity contribution < 1.29 is 19.4 Å². The molecule has 2 aromatic carbocycles. The Bertz CT molecular complexity index is 1010. The van der Waals surface area contributed by atoms with Crippen LogP contribution in [0.3, 0.4) is 0 Å². The lowest BCUT2D eigenvalue weighted by atomic mass is 9.76. The van der Waals surface area contributed by atoms with E-state index in [1.54, 1.807) is 13.2 Å². The number of carbonyl (C=O) groups excluding carboxylic acids is 1. The van der Waals surface area contributed by atoms with Gasteiger partial charge in [0.1, 0.15) is 0 Å². The van der Waals surface area contributed by atoms with Gasteiger partial charge in [0.2, 0.25) is 0 Å². The molecule has 6 nitrogen and oxygen atoms in total. The molecule has 0 aromatic heterocycles. The number of nitrogens with one attached hydrogen (secondary N) is 2. The van der Waals surface area contributed by atoms with Crippen LogP contribution in [0.5, 0.6) is 11.5 Å². The van der Waals surface area contributed by atoms with Gasteiger partial charge >= 0.3 is 0 Å². The number of phenolic OH excluding ortho intramolecular Hbond substituents is 1. The third-order valence-electron chi connectivity index (χ3n) is 6.70. The Morgan fingerprint density at radius 3 is 3.00 bits per heavy atom. The highest BCUT2D eigenvalue weighted by Crippen LogP contribution is 2.50. The maximum absolute atomic E-state index is 12.7. The summed E-state index contributed by atoms with van der Waals surface area (Å²) in [6.07, 6.45) is 7.64. The standard InChI is InChI=1S/C25H28N2O4/c1-30-23-13-15(8-10-22(23)28)24-19-6-2-5-18(19)20-12-16(7-9-21(20)27-24)25(29)26-14-17-4-3-11-31-17/h2,5,7-10,12-13,17-19,24,27-28H,3-4,6,11,14H2,1H3,(H,26,29). The molecule has 0 radical (unpaired) electrons. The molecule has 5 rings (SSSR count). The Morgan fingerprint density at radius 2 is 2.19 bits per heavy atom. The van der Waals surface area contributed by atoms with Crippen LogP contribution in [0.25, 0.3) is 0 Å². The fourth-order valence-electron chi connectivity index (χ4n) is 5.07. The molecule has 0 spiro atoms. The van der Waals surface area contributed by atoms with Crippen LogP contribution in [-0.4, -0.2) is 37.4 Å². The van der Waals surface area contributed by atoms with E-state index in [2.05, 4.69) is 22.8 Å². The maximum Gasteiger partial charge on any atom is 0.251 e. The molecule has 162 valence electrons. The molecular weight excluding hydrogens is 392 g/mol. The smallest absolute Gasteiger partial charge is 0.251 e. The van der Waals surface area contributed by atoms with Crippen LogP contribution < -0.4 is 15.4 Å². The van der Waals surface area contributed by atoms with Crippen molar-refractivity contribution in [1.29, 1.82) is 0 Å². The molecule has 2 aliphatic heterocycles. The molecule has 0 bridgehead atoms. The number of phenols is 1. The van der Waals surface area contributed by atoms with Crippen LogP contribution in [0.4, 0.5) is 5.69 Å². The Kier molecular flexibility index (Phi) is 5.32. The van der Waals surface area contributed by atoms with Gasteiger partial charge in [-0.25, -0.2) is 0 Å². The van der Waals surface area contributed by atoms with Gasteiger partial charge in [0.05, 0.1) is 19.3 Å². The predicted molar refractivity (Wildman–Crippen MR) is 119 cm³/mol. The lowest BCUT2D eigenvalue weighted by molar-refractivity contribution is 0.0857. The summed E-state index contributed by atoms with van der Waals surface area (Å²) in [5.41, 5.74) is 3.96. The number of anilines is 1. The van der Waals surface area contributed by atoms with E-state index in [-0.39, 0.29) is 29.7 Å². The number of aromatic hydroxyl groups is 1. The Hall–Kier alpha value is -2.99. The van der Waals surface area contributed by atoms with Gasteiger partial charge in [0, 0.05) is 30.3 Å². The summed E-state index contributed by atoms with van der Waals surface area (Å²) in [5, 5.41) is 16.7. The second kappa shape index (κ2) is 8.27. The van der Waals surface area contributed by atoms with Crippen molar-refractivity contribution in [3.05, 3.63) is 65.2 Å². The van der Waals surface area contributed by atoms with Gasteiger partial charge in [-0.1, -0.05) is 18.2 Å². The van der Waals surface area contributed by atoms with E-state index in [1.165, 1.54) is 0 Å². The van der Waals surface area contributed by atoms with Gasteiger partial charge < -0.3 is 25.2 Å². The number of fused-ring (bicyclic) bond motifs is 3. The van der Waals surface area contributed by atoms with E-state index in [0.717, 1.165) is 42.7 Å². The van der Waals surface area contributed by atoms with Crippen molar-refractivity contribution in [2.75, 3.05) is 25.6 Å². The first-order chi connectivity index (χ1) is 15.1. The van der Waals surface area contributed by atoms with E-state index in [9.17, 15) is 9.90 Å². The van der Waals surface area contributed by atoms with Crippen LogP contribution in [0.2, 0.25) is 0 Å². The van der Waals surface area contributed by atoms with Crippen LogP contribution in [0.1, 0.15) is 52.7 Å². The lowest BCUT2D eigenvalue weighted by Crippen LogP contribution is -2.32. The fourth-order valence-corrected chi connectivity index (χ4v) is 5.07. The molecule has 4 unspecified atom stereocenters. The zero-order valence-corrected chi connectivity index (χ0v) is 17.6. The topological polar surface area (TPSA) is 79.8 Å². The first-order valence-electron chi connectivity index (χ1n) is 11.0. The number of allylic oxidation sites excluding steroid dienone is 2. The number of rotatable bonds is 5. The van der Waals surface area contributed by atoms with Crippen molar-refractivity contribution in [2.24, 2.45) is 5.92 Å². The molecule has 4 atom stereocenters. The van der Waals surface area contributed by atoms with E-state index in [4.69, 9.17) is 9.47 Å². The summed E-state index contributed by atoms with van der Waals surface area (Å²) < 4.78 is 10.9. The van der Waals surface area contributed by atoms with Crippen LogP contribution >= 0.6 is 0 Å². The zero-order valence-electron chi connectivity index (χ0n) is 17.6. The van der Waals surface area contributed by atoms with Gasteiger partial charge in [-0.2, -0.15) is 0 Å². The van der Waals surface area contributed by atoms with E-state index >= 15 is 0 Å². The normalized spacial score (nSPS) is 26.1. The van der Waals surface area contributed by atoms with Crippen molar-refractivity contribution in [2.45, 2.75) is 37.3 Å². The highest BCUT2D eigenvalue weighted by atomic mass is 16.5. The van der Waals surface area contributed by atoms with Gasteiger partial charge in [-0.05, 0) is 66.6 Å². The zero-order chi connectivity index (χ0) is 21.4. The first-order valence-corrected chi connectivity index (χ1v) is 11.0. The number of methoxy groups -OCH3 is 1. The molecule has 31 heavy (non-hydrogen) atoms. The van der Waals surface area contributed by atoms with Crippen molar-refractivity contribution in [1.82, 2.24) is 5.32 Å². The second-order valence-electron chi connectivity index (χ2n) is 8.55. The predicted octanol–water partition coefficient (Wildman–Crippen LogP) is 4.14. The quantitative estimate of drug-likeness (QED) is 0.634. The fraction of sp³-hybridized carbons (Fsp3) is 0.400. The number of ether oxygens (including phenoxy) is 2. The molecular formula is C25H28N2O4. The average molecular weight is 421 g/mol. The van der Waals surface area contributed by atoms with Crippen LogP contribution in [0.15, 0.2) is 48.6 Å². The Balaban J connectivity index is 1.39. The highest BCUT2D eigenvalue weighted by Gasteiger charge is 2.38. The largest absolute Gasteiger partial charge is 0.504 e. The maximum atomic E-state index is 12.7. The number of hydrogen-bond acceptors (Lipinski definition) is 5. The van der Waals surface area contributed by atoms with Gasteiger partial charge in [0.25, 0.3) is 5.91 Å². The third kappa shape index (κ3) is 3.76. The molecule has 1 amide bonds. The molecule has 2 aromatic rings. The monoisotopic (exact) mass is 420 g/mol. The van der Waals surface area contributed by atoms with Crippen molar-refractivity contribution in [3.63, 3.8) is 0 Å². The molecule has 2 heterocycles. The molecule has 3 aliphatic rings. The number of carbonyl (C=O) groups is 1. The van der Waals surface area contributed by atoms with Gasteiger partial charge in [-0.3, -0.25) is 4.79 Å². The number of benzene rings is 2. The second-order valence-corrected chi connectivity index (χ2v) is 8.55. The average Bonchev–Trinajstić information content (AvgIpc) is 3.49. The summed E-state index contributed by atoms with van der Waals surface area (Å²) in [4.78, 5) is 12.7. The third-order valence-corrected chi connectivity index (χ3v) is 6.70. The minimum absolute atomic E-state index is 0.0535. The molecule has 1 aliphatic carbocycles. The van der Waals surface area contributed by atoms with E-state index in [1.807, 2.05) is 30.3 Å². The molecule has 6 heteroatoms. The van der Waals surface area contributed by atoms with Gasteiger partial charge in [0.15, 0.2) is 11.5 Å². The number of amides is 1. The van der Waals surface area contributed by atoms with Crippen molar-refractivity contribution in [3.8, 4) is 11.5 Å². The highest BCUT2D eigenvalue weighted by molar-refractivity contribution is 5.95. The minimum atomic E-state index is -0.0535. The summed E-state index contributed by atoms with van der Waals surface area (Å²) in [5.74, 6) is 1.15. The summed E-state index contributed by atoms with van der Waals surface area (Å²) in [6, 6.07) is 11.5. The van der Waals surface area contributed by atoms with E-state index in [0.29, 0.717) is 23.8 Å². The van der Waals surface area contributed by atoms with Crippen LogP contribution in [0, 0.1) is 5.92 Å². The molecule has 3 N–H and O–H groups in total.